The third kappa shape index (κ3) is 4.23. The Morgan fingerprint density at radius 1 is 0.793 bits per heavy atom. The molecule has 0 atom stereocenters. The lowest BCUT2D eigenvalue weighted by Gasteiger charge is -2.41. The quantitative estimate of drug-likeness (QED) is 0.797. The molecule has 29 heavy (non-hydrogen) atoms. The van der Waals surface area contributed by atoms with Gasteiger partial charge in [0.2, 0.25) is 0 Å². The molecule has 0 aliphatic carbocycles. The summed E-state index contributed by atoms with van der Waals surface area (Å²) in [5, 5.41) is 0. The first kappa shape index (κ1) is 19.4. The predicted octanol–water partition coefficient (Wildman–Crippen LogP) is 2.90. The number of para-hydroxylation sites is 1. The number of carbonyl (C=O) groups excluding carboxylic acids is 1. The summed E-state index contributed by atoms with van der Waals surface area (Å²) in [6, 6.07) is 14.9. The van der Waals surface area contributed by atoms with Gasteiger partial charge in [0.1, 0.15) is 11.6 Å². The topological polar surface area (TPSA) is 39.3 Å². The molecule has 2 heterocycles. The van der Waals surface area contributed by atoms with Gasteiger partial charge in [0.15, 0.2) is 0 Å². The fraction of sp³-hybridized carbons (Fsp3) is 0.409. The van der Waals surface area contributed by atoms with E-state index in [1.54, 1.807) is 19.2 Å². The average molecular weight is 398 g/mol. The molecule has 2 aromatic carbocycles. The highest BCUT2D eigenvalue weighted by molar-refractivity contribution is 5.75. The number of urea groups is 1. The van der Waals surface area contributed by atoms with Crippen molar-refractivity contribution in [2.75, 3.05) is 69.3 Å². The minimum atomic E-state index is -0.207. The smallest absolute Gasteiger partial charge is 0.320 e. The number of nitrogens with zero attached hydrogens (tertiary/aromatic N) is 4. The van der Waals surface area contributed by atoms with Crippen LogP contribution in [0.25, 0.3) is 0 Å². The second kappa shape index (κ2) is 8.59. The number of hydrogen-bond donors (Lipinski definition) is 0. The highest BCUT2D eigenvalue weighted by Gasteiger charge is 2.28. The zero-order chi connectivity index (χ0) is 20.2. The van der Waals surface area contributed by atoms with Crippen LogP contribution >= 0.6 is 0 Å². The van der Waals surface area contributed by atoms with Gasteiger partial charge in [-0.05, 0) is 36.4 Å². The Labute approximate surface area is 171 Å². The first-order chi connectivity index (χ1) is 14.2. The van der Waals surface area contributed by atoms with Crippen LogP contribution in [0.3, 0.4) is 0 Å². The largest absolute Gasteiger partial charge is 0.497 e. The Kier molecular flexibility index (Phi) is 5.74. The summed E-state index contributed by atoms with van der Waals surface area (Å²) >= 11 is 0. The molecule has 154 valence electrons. The van der Waals surface area contributed by atoms with Crippen LogP contribution in [-0.2, 0) is 0 Å². The number of benzene rings is 2. The van der Waals surface area contributed by atoms with Crippen molar-refractivity contribution in [2.45, 2.75) is 0 Å². The summed E-state index contributed by atoms with van der Waals surface area (Å²) in [5.41, 5.74) is 1.77. The van der Waals surface area contributed by atoms with Gasteiger partial charge in [-0.3, -0.25) is 0 Å². The van der Waals surface area contributed by atoms with E-state index >= 15 is 0 Å². The van der Waals surface area contributed by atoms with Crippen molar-refractivity contribution >= 4 is 17.4 Å². The van der Waals surface area contributed by atoms with Crippen molar-refractivity contribution in [2.24, 2.45) is 0 Å². The van der Waals surface area contributed by atoms with Crippen LogP contribution in [0.5, 0.6) is 5.75 Å². The molecular weight excluding hydrogens is 371 g/mol. The van der Waals surface area contributed by atoms with Gasteiger partial charge in [-0.15, -0.1) is 0 Å². The van der Waals surface area contributed by atoms with E-state index in [0.717, 1.165) is 24.5 Å². The van der Waals surface area contributed by atoms with Crippen LogP contribution in [0.15, 0.2) is 48.5 Å². The molecule has 2 aromatic rings. The van der Waals surface area contributed by atoms with Crippen LogP contribution in [-0.4, -0.2) is 75.3 Å². The standard InChI is InChI=1S/C22H27FN4O2/c1-29-19-8-6-18(7-9-19)24-10-14-26(15-11-24)22(28)27-16-12-25(13-17-27)21-5-3-2-4-20(21)23/h2-9H,10-17H2,1H3. The lowest BCUT2D eigenvalue weighted by atomic mass is 10.2. The molecule has 2 saturated heterocycles. The van der Waals surface area contributed by atoms with Crippen LogP contribution in [0.1, 0.15) is 0 Å². The molecule has 2 fully saturated rings. The minimum absolute atomic E-state index is 0.0903. The van der Waals surface area contributed by atoms with E-state index in [-0.39, 0.29) is 11.8 Å². The molecule has 0 aromatic heterocycles. The molecule has 2 aliphatic heterocycles. The fourth-order valence-electron chi connectivity index (χ4n) is 4.00. The Morgan fingerprint density at radius 2 is 1.34 bits per heavy atom. The second-order valence-electron chi connectivity index (χ2n) is 7.38. The molecule has 4 rings (SSSR count). The van der Waals surface area contributed by atoms with Gasteiger partial charge in [-0.2, -0.15) is 0 Å². The second-order valence-corrected chi connectivity index (χ2v) is 7.38. The molecule has 0 saturated carbocycles. The van der Waals surface area contributed by atoms with E-state index in [1.807, 2.05) is 32.9 Å². The number of hydrogen-bond acceptors (Lipinski definition) is 4. The third-order valence-electron chi connectivity index (χ3n) is 5.73. The number of ether oxygens (including phenoxy) is 1. The van der Waals surface area contributed by atoms with E-state index in [9.17, 15) is 9.18 Å². The van der Waals surface area contributed by atoms with E-state index < -0.39 is 0 Å². The number of methoxy groups -OCH3 is 1. The Hall–Kier alpha value is -2.96. The summed E-state index contributed by atoms with van der Waals surface area (Å²) in [6.07, 6.45) is 0. The number of anilines is 2. The first-order valence-corrected chi connectivity index (χ1v) is 10.1. The highest BCUT2D eigenvalue weighted by Crippen LogP contribution is 2.22. The van der Waals surface area contributed by atoms with E-state index in [0.29, 0.717) is 45.0 Å². The lowest BCUT2D eigenvalue weighted by molar-refractivity contribution is 0.147. The summed E-state index contributed by atoms with van der Waals surface area (Å²) in [4.78, 5) is 21.0. The van der Waals surface area contributed by atoms with Crippen LogP contribution in [0.2, 0.25) is 0 Å². The molecule has 2 aliphatic rings. The van der Waals surface area contributed by atoms with E-state index in [1.165, 1.54) is 6.07 Å². The van der Waals surface area contributed by atoms with Gasteiger partial charge in [0, 0.05) is 58.0 Å². The van der Waals surface area contributed by atoms with Crippen molar-refractivity contribution in [3.05, 3.63) is 54.3 Å². The van der Waals surface area contributed by atoms with Gasteiger partial charge in [0.25, 0.3) is 0 Å². The maximum Gasteiger partial charge on any atom is 0.320 e. The van der Waals surface area contributed by atoms with Gasteiger partial charge in [-0.25, -0.2) is 9.18 Å². The SMILES string of the molecule is COc1ccc(N2CCN(C(=O)N3CCN(c4ccccc4F)CC3)CC2)cc1. The number of halogens is 1. The average Bonchev–Trinajstić information content (AvgIpc) is 2.79. The summed E-state index contributed by atoms with van der Waals surface area (Å²) in [6.45, 7) is 5.58. The maximum absolute atomic E-state index is 14.0. The number of amides is 2. The lowest BCUT2D eigenvalue weighted by Crippen LogP contribution is -2.57. The normalized spacial score (nSPS) is 17.4. The molecule has 6 nitrogen and oxygen atoms in total. The fourth-order valence-corrected chi connectivity index (χ4v) is 4.00. The van der Waals surface area contributed by atoms with Crippen LogP contribution in [0.4, 0.5) is 20.6 Å². The van der Waals surface area contributed by atoms with Gasteiger partial charge in [0.05, 0.1) is 12.8 Å². The Morgan fingerprint density at radius 3 is 1.90 bits per heavy atom. The Balaban J connectivity index is 1.28. The highest BCUT2D eigenvalue weighted by atomic mass is 19.1. The maximum atomic E-state index is 14.0. The zero-order valence-electron chi connectivity index (χ0n) is 16.8. The number of piperazine rings is 2. The molecule has 0 unspecified atom stereocenters. The molecule has 2 amide bonds. The van der Waals surface area contributed by atoms with Crippen molar-refractivity contribution in [1.82, 2.24) is 9.80 Å². The van der Waals surface area contributed by atoms with E-state index in [2.05, 4.69) is 17.0 Å². The zero-order valence-corrected chi connectivity index (χ0v) is 16.8. The van der Waals surface area contributed by atoms with Crippen molar-refractivity contribution in [1.29, 1.82) is 0 Å². The molecule has 7 heteroatoms. The summed E-state index contributed by atoms with van der Waals surface area (Å²) < 4.78 is 19.2. The number of carbonyl (C=O) groups is 1. The first-order valence-electron chi connectivity index (χ1n) is 10.1. The van der Waals surface area contributed by atoms with Gasteiger partial charge in [-0.1, -0.05) is 12.1 Å². The minimum Gasteiger partial charge on any atom is -0.497 e. The van der Waals surface area contributed by atoms with Crippen LogP contribution < -0.4 is 14.5 Å². The molecule has 0 radical (unpaired) electrons. The van der Waals surface area contributed by atoms with Crippen molar-refractivity contribution in [3.63, 3.8) is 0 Å². The third-order valence-corrected chi connectivity index (χ3v) is 5.73. The summed E-state index contributed by atoms with van der Waals surface area (Å²) in [7, 11) is 1.66. The van der Waals surface area contributed by atoms with Crippen molar-refractivity contribution in [3.8, 4) is 5.75 Å². The van der Waals surface area contributed by atoms with E-state index in [4.69, 9.17) is 4.74 Å². The summed E-state index contributed by atoms with van der Waals surface area (Å²) in [5.74, 6) is 0.638. The molecular formula is C22H27FN4O2. The van der Waals surface area contributed by atoms with Crippen LogP contribution in [0, 0.1) is 5.82 Å². The predicted molar refractivity (Wildman–Crippen MR) is 112 cm³/mol. The van der Waals surface area contributed by atoms with Gasteiger partial charge < -0.3 is 24.3 Å². The number of rotatable bonds is 3. The monoisotopic (exact) mass is 398 g/mol. The van der Waals surface area contributed by atoms with Crippen molar-refractivity contribution < 1.29 is 13.9 Å². The molecule has 0 N–H and O–H groups in total. The molecule has 0 spiro atoms. The molecule has 0 bridgehead atoms. The van der Waals surface area contributed by atoms with Gasteiger partial charge >= 0.3 is 6.03 Å². The Bertz CT molecular complexity index is 829.